The minimum atomic E-state index is -0.236. The van der Waals surface area contributed by atoms with Crippen molar-refractivity contribution < 1.29 is 4.39 Å². The van der Waals surface area contributed by atoms with Crippen LogP contribution in [0.2, 0.25) is 0 Å². The molecule has 5 heteroatoms. The van der Waals surface area contributed by atoms with Crippen molar-refractivity contribution in [3.8, 4) is 17.3 Å². The van der Waals surface area contributed by atoms with Gasteiger partial charge < -0.3 is 5.32 Å². The number of hydrogen-bond donors (Lipinski definition) is 1. The first kappa shape index (κ1) is 18.5. The second-order valence-corrected chi connectivity index (χ2v) is 7.20. The van der Waals surface area contributed by atoms with E-state index in [-0.39, 0.29) is 11.2 Å². The number of benzene rings is 2. The van der Waals surface area contributed by atoms with Crippen molar-refractivity contribution in [3.63, 3.8) is 0 Å². The van der Waals surface area contributed by atoms with Crippen LogP contribution in [0.1, 0.15) is 30.5 Å². The smallest absolute Gasteiger partial charge is 0.151 e. The maximum absolute atomic E-state index is 13.2. The molecule has 0 aliphatic heterocycles. The molecule has 1 N–H and O–H groups in total. The molecule has 0 atom stereocenters. The Morgan fingerprint density at radius 2 is 1.81 bits per heavy atom. The highest BCUT2D eigenvalue weighted by molar-refractivity contribution is 5.63. The molecular weight excluding hydrogens is 339 g/mol. The minimum Gasteiger partial charge on any atom is -0.367 e. The fourth-order valence-electron chi connectivity index (χ4n) is 2.86. The van der Waals surface area contributed by atoms with Gasteiger partial charge in [-0.15, -0.1) is 10.2 Å². The van der Waals surface area contributed by atoms with Gasteiger partial charge in [-0.2, -0.15) is 5.26 Å². The molecule has 0 saturated carbocycles. The second kappa shape index (κ2) is 7.55. The maximum atomic E-state index is 13.2. The number of anilines is 1. The summed E-state index contributed by atoms with van der Waals surface area (Å²) in [7, 11) is 0. The van der Waals surface area contributed by atoms with E-state index in [4.69, 9.17) is 5.26 Å². The highest BCUT2D eigenvalue weighted by atomic mass is 19.1. The van der Waals surface area contributed by atoms with Gasteiger partial charge in [0.05, 0.1) is 17.3 Å². The summed E-state index contributed by atoms with van der Waals surface area (Å²) in [5.41, 5.74) is 4.01. The Bertz CT molecular complexity index is 988. The predicted octanol–water partition coefficient (Wildman–Crippen LogP) is 4.85. The van der Waals surface area contributed by atoms with Gasteiger partial charge in [0, 0.05) is 17.5 Å². The quantitative estimate of drug-likeness (QED) is 0.706. The molecule has 136 valence electrons. The number of nitrogens with zero attached hydrogens (tertiary/aromatic N) is 3. The van der Waals surface area contributed by atoms with Gasteiger partial charge in [0.2, 0.25) is 0 Å². The summed E-state index contributed by atoms with van der Waals surface area (Å²) < 4.78 is 13.2. The van der Waals surface area contributed by atoms with Gasteiger partial charge in [0.25, 0.3) is 0 Å². The van der Waals surface area contributed by atoms with E-state index in [1.807, 2.05) is 25.1 Å². The lowest BCUT2D eigenvalue weighted by Crippen LogP contribution is -2.28. The van der Waals surface area contributed by atoms with E-state index < -0.39 is 0 Å². The number of aromatic nitrogens is 2. The van der Waals surface area contributed by atoms with Crippen molar-refractivity contribution in [2.45, 2.75) is 26.2 Å². The summed E-state index contributed by atoms with van der Waals surface area (Å²) in [6, 6.07) is 18.0. The van der Waals surface area contributed by atoms with Crippen LogP contribution in [-0.2, 0) is 5.41 Å². The summed E-state index contributed by atoms with van der Waals surface area (Å²) in [6.45, 7) is 6.80. The van der Waals surface area contributed by atoms with Crippen molar-refractivity contribution >= 4 is 5.82 Å². The molecule has 27 heavy (non-hydrogen) atoms. The molecular formula is C22H21FN4. The van der Waals surface area contributed by atoms with Crippen molar-refractivity contribution in [1.82, 2.24) is 10.2 Å². The van der Waals surface area contributed by atoms with Crippen LogP contribution in [0, 0.1) is 24.1 Å². The largest absolute Gasteiger partial charge is 0.367 e. The molecule has 0 bridgehead atoms. The standard InChI is InChI=1S/C22H21FN4/c1-15-11-20(17-6-4-5-16(12-17)13-24)26-27-21(15)25-14-22(2,3)18-7-9-19(23)10-8-18/h4-12H,14H2,1-3H3,(H,25,27). The first-order chi connectivity index (χ1) is 12.9. The van der Waals surface area contributed by atoms with Gasteiger partial charge >= 0.3 is 0 Å². The zero-order valence-corrected chi connectivity index (χ0v) is 15.6. The van der Waals surface area contributed by atoms with E-state index in [2.05, 4.69) is 35.4 Å². The highest BCUT2D eigenvalue weighted by Gasteiger charge is 2.21. The summed E-state index contributed by atoms with van der Waals surface area (Å²) in [6.07, 6.45) is 0. The molecule has 0 radical (unpaired) electrons. The summed E-state index contributed by atoms with van der Waals surface area (Å²) in [4.78, 5) is 0. The van der Waals surface area contributed by atoms with E-state index in [0.29, 0.717) is 17.9 Å². The molecule has 0 fully saturated rings. The van der Waals surface area contributed by atoms with Crippen LogP contribution >= 0.6 is 0 Å². The lowest BCUT2D eigenvalue weighted by molar-refractivity contribution is 0.552. The van der Waals surface area contributed by atoms with Gasteiger partial charge in [-0.05, 0) is 48.4 Å². The number of aryl methyl sites for hydroxylation is 1. The van der Waals surface area contributed by atoms with Crippen LogP contribution in [0.15, 0.2) is 54.6 Å². The number of rotatable bonds is 5. The normalized spacial score (nSPS) is 11.1. The van der Waals surface area contributed by atoms with Crippen LogP contribution in [0.4, 0.5) is 10.2 Å². The highest BCUT2D eigenvalue weighted by Crippen LogP contribution is 2.25. The van der Waals surface area contributed by atoms with Crippen LogP contribution in [0.5, 0.6) is 0 Å². The van der Waals surface area contributed by atoms with Crippen molar-refractivity contribution in [3.05, 3.63) is 77.1 Å². The number of halogens is 1. The summed E-state index contributed by atoms with van der Waals surface area (Å²) in [5, 5.41) is 21.0. The van der Waals surface area contributed by atoms with Gasteiger partial charge in [0.1, 0.15) is 5.82 Å². The zero-order valence-electron chi connectivity index (χ0n) is 15.6. The molecule has 0 aliphatic carbocycles. The Morgan fingerprint density at radius 1 is 1.07 bits per heavy atom. The molecule has 1 heterocycles. The lowest BCUT2D eigenvalue weighted by Gasteiger charge is -2.26. The minimum absolute atomic E-state index is 0.193. The molecule has 3 aromatic rings. The molecule has 0 amide bonds. The molecule has 0 spiro atoms. The summed E-state index contributed by atoms with van der Waals surface area (Å²) in [5.74, 6) is 0.477. The Balaban J connectivity index is 1.76. The molecule has 1 aromatic heterocycles. The molecule has 4 nitrogen and oxygen atoms in total. The monoisotopic (exact) mass is 360 g/mol. The van der Waals surface area contributed by atoms with E-state index in [0.717, 1.165) is 22.4 Å². The van der Waals surface area contributed by atoms with Gasteiger partial charge in [-0.1, -0.05) is 38.1 Å². The Morgan fingerprint density at radius 3 is 2.48 bits per heavy atom. The molecule has 0 aliphatic rings. The van der Waals surface area contributed by atoms with E-state index >= 15 is 0 Å². The molecule has 3 rings (SSSR count). The van der Waals surface area contributed by atoms with Crippen LogP contribution in [0.25, 0.3) is 11.3 Å². The number of nitrogens with one attached hydrogen (secondary N) is 1. The Kier molecular flexibility index (Phi) is 5.18. The number of hydrogen-bond acceptors (Lipinski definition) is 4. The molecule has 2 aromatic carbocycles. The Hall–Kier alpha value is -3.26. The average molecular weight is 360 g/mol. The van der Waals surface area contributed by atoms with Crippen LogP contribution in [0.3, 0.4) is 0 Å². The lowest BCUT2D eigenvalue weighted by atomic mass is 9.84. The first-order valence-electron chi connectivity index (χ1n) is 8.74. The SMILES string of the molecule is Cc1cc(-c2cccc(C#N)c2)nnc1NCC(C)(C)c1ccc(F)cc1. The predicted molar refractivity (Wildman–Crippen MR) is 105 cm³/mol. The van der Waals surface area contributed by atoms with Gasteiger partial charge in [-0.25, -0.2) is 4.39 Å². The van der Waals surface area contributed by atoms with Crippen molar-refractivity contribution in [1.29, 1.82) is 5.26 Å². The fourth-order valence-corrected chi connectivity index (χ4v) is 2.86. The van der Waals surface area contributed by atoms with Crippen LogP contribution < -0.4 is 5.32 Å². The maximum Gasteiger partial charge on any atom is 0.151 e. The Labute approximate surface area is 158 Å². The topological polar surface area (TPSA) is 61.6 Å². The average Bonchev–Trinajstić information content (AvgIpc) is 2.67. The summed E-state index contributed by atoms with van der Waals surface area (Å²) >= 11 is 0. The van der Waals surface area contributed by atoms with E-state index in [1.54, 1.807) is 24.3 Å². The third-order valence-electron chi connectivity index (χ3n) is 4.60. The van der Waals surface area contributed by atoms with E-state index in [1.165, 1.54) is 12.1 Å². The van der Waals surface area contributed by atoms with Gasteiger partial charge in [0.15, 0.2) is 5.82 Å². The molecule has 0 unspecified atom stereocenters. The third kappa shape index (κ3) is 4.29. The fraction of sp³-hybridized carbons (Fsp3) is 0.227. The molecule has 0 saturated heterocycles. The second-order valence-electron chi connectivity index (χ2n) is 7.20. The third-order valence-corrected chi connectivity index (χ3v) is 4.60. The van der Waals surface area contributed by atoms with Crippen molar-refractivity contribution in [2.24, 2.45) is 0 Å². The number of nitriles is 1. The van der Waals surface area contributed by atoms with E-state index in [9.17, 15) is 4.39 Å². The zero-order chi connectivity index (χ0) is 19.4. The van der Waals surface area contributed by atoms with Gasteiger partial charge in [-0.3, -0.25) is 0 Å². The van der Waals surface area contributed by atoms with Crippen molar-refractivity contribution in [2.75, 3.05) is 11.9 Å². The first-order valence-corrected chi connectivity index (χ1v) is 8.74. The van der Waals surface area contributed by atoms with Crippen LogP contribution in [-0.4, -0.2) is 16.7 Å².